The molecule has 30 heavy (non-hydrogen) atoms. The summed E-state index contributed by atoms with van der Waals surface area (Å²) in [5, 5.41) is 0.957. The maximum absolute atomic E-state index is 13.7. The number of amides is 1. The van der Waals surface area contributed by atoms with Crippen molar-refractivity contribution in [1.82, 2.24) is 14.9 Å². The number of benzene rings is 1. The first-order chi connectivity index (χ1) is 14.5. The molecule has 3 heterocycles. The minimum absolute atomic E-state index is 0.0181. The number of hydrogen-bond donors (Lipinski definition) is 1. The fraction of sp³-hybridized carbons (Fsp3) is 0.348. The summed E-state index contributed by atoms with van der Waals surface area (Å²) in [6, 6.07) is 6.01. The molecule has 2 unspecified atom stereocenters. The molecule has 5 nitrogen and oxygen atoms in total. The molecule has 0 radical (unpaired) electrons. The predicted octanol–water partition coefficient (Wildman–Crippen LogP) is 3.24. The number of rotatable bonds is 3. The Bertz CT molecular complexity index is 1150. The highest BCUT2D eigenvalue weighted by Gasteiger charge is 2.32. The molecule has 7 heteroatoms. The predicted molar refractivity (Wildman–Crippen MR) is 109 cm³/mol. The summed E-state index contributed by atoms with van der Waals surface area (Å²) in [6.45, 7) is 1.10. The number of hydrogen-bond acceptors (Lipinski definition) is 4. The largest absolute Gasteiger partial charge is 0.338 e. The van der Waals surface area contributed by atoms with Gasteiger partial charge in [-0.25, -0.2) is 8.78 Å². The maximum atomic E-state index is 13.7. The Morgan fingerprint density at radius 1 is 1.20 bits per heavy atom. The third-order valence-electron chi connectivity index (χ3n) is 6.35. The lowest BCUT2D eigenvalue weighted by Crippen LogP contribution is -2.40. The average Bonchev–Trinajstić information content (AvgIpc) is 3.14. The van der Waals surface area contributed by atoms with Crippen molar-refractivity contribution in [2.45, 2.75) is 44.2 Å². The van der Waals surface area contributed by atoms with Crippen LogP contribution in [0.3, 0.4) is 0 Å². The Labute approximate surface area is 172 Å². The zero-order valence-electron chi connectivity index (χ0n) is 16.4. The molecule has 1 amide bonds. The van der Waals surface area contributed by atoms with Crippen molar-refractivity contribution in [3.8, 4) is 0 Å². The lowest BCUT2D eigenvalue weighted by molar-refractivity contribution is -0.132. The average molecular weight is 408 g/mol. The molecular formula is C23H22F2N4O. The highest BCUT2D eigenvalue weighted by atomic mass is 19.2. The first kappa shape index (κ1) is 19.1. The normalized spacial score (nSPS) is 18.9. The van der Waals surface area contributed by atoms with Gasteiger partial charge in [-0.1, -0.05) is 0 Å². The maximum Gasteiger partial charge on any atom is 0.224 e. The van der Waals surface area contributed by atoms with E-state index in [0.29, 0.717) is 32.4 Å². The van der Waals surface area contributed by atoms with Crippen molar-refractivity contribution in [3.05, 3.63) is 70.7 Å². The van der Waals surface area contributed by atoms with Gasteiger partial charge in [0, 0.05) is 61.4 Å². The van der Waals surface area contributed by atoms with Crippen LogP contribution < -0.4 is 5.73 Å². The van der Waals surface area contributed by atoms with Crippen LogP contribution in [0.5, 0.6) is 0 Å². The summed E-state index contributed by atoms with van der Waals surface area (Å²) in [5.41, 5.74) is 10.9. The van der Waals surface area contributed by atoms with E-state index in [-0.39, 0.29) is 18.2 Å². The summed E-state index contributed by atoms with van der Waals surface area (Å²) in [5.74, 6) is -1.84. The quantitative estimate of drug-likeness (QED) is 0.722. The molecular weight excluding hydrogens is 386 g/mol. The molecule has 1 aliphatic heterocycles. The summed E-state index contributed by atoms with van der Waals surface area (Å²) in [4.78, 5) is 23.6. The van der Waals surface area contributed by atoms with Crippen LogP contribution in [0.4, 0.5) is 8.78 Å². The van der Waals surface area contributed by atoms with Crippen molar-refractivity contribution in [1.29, 1.82) is 0 Å². The highest BCUT2D eigenvalue weighted by Crippen LogP contribution is 2.37. The van der Waals surface area contributed by atoms with E-state index in [1.54, 1.807) is 12.4 Å². The number of pyridine rings is 2. The summed E-state index contributed by atoms with van der Waals surface area (Å²) >= 11 is 0. The van der Waals surface area contributed by atoms with Crippen LogP contribution in [0.2, 0.25) is 0 Å². The third kappa shape index (κ3) is 3.33. The molecule has 2 N–H and O–H groups in total. The second-order valence-electron chi connectivity index (χ2n) is 8.21. The summed E-state index contributed by atoms with van der Waals surface area (Å²) in [6.07, 6.45) is 5.75. The molecule has 3 aromatic rings. The fourth-order valence-corrected chi connectivity index (χ4v) is 4.74. The number of nitrogens with two attached hydrogens (primary N) is 1. The van der Waals surface area contributed by atoms with Gasteiger partial charge in [0.25, 0.3) is 0 Å². The number of carbonyl (C=O) groups is 1. The Kier molecular flexibility index (Phi) is 4.70. The molecule has 0 saturated heterocycles. The third-order valence-corrected chi connectivity index (χ3v) is 6.35. The van der Waals surface area contributed by atoms with Gasteiger partial charge >= 0.3 is 0 Å². The molecule has 2 atom stereocenters. The summed E-state index contributed by atoms with van der Waals surface area (Å²) < 4.78 is 27.2. The monoisotopic (exact) mass is 408 g/mol. The van der Waals surface area contributed by atoms with E-state index < -0.39 is 17.7 Å². The lowest BCUT2D eigenvalue weighted by atomic mass is 9.91. The molecule has 2 aromatic heterocycles. The van der Waals surface area contributed by atoms with Gasteiger partial charge in [0.1, 0.15) is 0 Å². The molecule has 0 saturated carbocycles. The van der Waals surface area contributed by atoms with Gasteiger partial charge in [-0.2, -0.15) is 0 Å². The van der Waals surface area contributed by atoms with Gasteiger partial charge in [0.2, 0.25) is 5.91 Å². The Morgan fingerprint density at radius 3 is 2.90 bits per heavy atom. The van der Waals surface area contributed by atoms with Crippen LogP contribution in [-0.4, -0.2) is 33.4 Å². The standard InChI is InChI=1S/C23H22F2N4O/c24-18-8-13-1-2-16(17(13)9-19(18)25)20(26)10-23(30)29-6-4-22-15(12-29)7-14-11-27-5-3-21(14)28-22/h3,5,7-9,11,16,20H,1-2,4,6,10,12,26H2. The number of halogens is 2. The van der Waals surface area contributed by atoms with E-state index in [9.17, 15) is 13.6 Å². The van der Waals surface area contributed by atoms with Crippen molar-refractivity contribution < 1.29 is 13.6 Å². The molecule has 2 aliphatic rings. The molecule has 5 rings (SSSR count). The van der Waals surface area contributed by atoms with Crippen LogP contribution in [0, 0.1) is 11.6 Å². The fourth-order valence-electron chi connectivity index (χ4n) is 4.74. The van der Waals surface area contributed by atoms with Gasteiger partial charge < -0.3 is 10.6 Å². The smallest absolute Gasteiger partial charge is 0.224 e. The molecule has 154 valence electrons. The second kappa shape index (κ2) is 7.40. The first-order valence-electron chi connectivity index (χ1n) is 10.2. The van der Waals surface area contributed by atoms with Crippen LogP contribution in [0.25, 0.3) is 10.9 Å². The number of carbonyl (C=O) groups excluding carboxylic acids is 1. The van der Waals surface area contributed by atoms with E-state index >= 15 is 0 Å². The van der Waals surface area contributed by atoms with E-state index in [4.69, 9.17) is 10.7 Å². The Morgan fingerprint density at radius 2 is 2.03 bits per heavy atom. The van der Waals surface area contributed by atoms with Crippen LogP contribution in [0.1, 0.15) is 41.1 Å². The van der Waals surface area contributed by atoms with E-state index in [1.165, 1.54) is 12.1 Å². The highest BCUT2D eigenvalue weighted by molar-refractivity contribution is 5.80. The second-order valence-corrected chi connectivity index (χ2v) is 8.21. The lowest BCUT2D eigenvalue weighted by Gasteiger charge is -2.30. The SMILES string of the molecule is NC(CC(=O)N1CCc2nc3ccncc3cc2C1)C1CCc2cc(F)c(F)cc21. The van der Waals surface area contributed by atoms with Crippen LogP contribution >= 0.6 is 0 Å². The summed E-state index contributed by atoms with van der Waals surface area (Å²) in [7, 11) is 0. The Balaban J connectivity index is 1.30. The van der Waals surface area contributed by atoms with Gasteiger partial charge in [0.05, 0.1) is 5.52 Å². The molecule has 0 spiro atoms. The zero-order valence-corrected chi connectivity index (χ0v) is 16.4. The van der Waals surface area contributed by atoms with Gasteiger partial charge in [-0.3, -0.25) is 14.8 Å². The number of fused-ring (bicyclic) bond motifs is 3. The van der Waals surface area contributed by atoms with Crippen molar-refractivity contribution in [2.75, 3.05) is 6.54 Å². The van der Waals surface area contributed by atoms with Crippen LogP contribution in [-0.2, 0) is 24.2 Å². The Hall–Kier alpha value is -2.93. The van der Waals surface area contributed by atoms with Crippen molar-refractivity contribution in [2.24, 2.45) is 5.73 Å². The minimum Gasteiger partial charge on any atom is -0.338 e. The first-order valence-corrected chi connectivity index (χ1v) is 10.2. The van der Waals surface area contributed by atoms with Crippen LogP contribution in [0.15, 0.2) is 36.7 Å². The van der Waals surface area contributed by atoms with Crippen molar-refractivity contribution >= 4 is 16.8 Å². The number of nitrogens with zero attached hydrogens (tertiary/aromatic N) is 3. The van der Waals surface area contributed by atoms with Gasteiger partial charge in [-0.05, 0) is 53.8 Å². The molecule has 0 fully saturated rings. The van der Waals surface area contributed by atoms with E-state index in [2.05, 4.69) is 11.1 Å². The van der Waals surface area contributed by atoms with Gasteiger partial charge in [0.15, 0.2) is 11.6 Å². The van der Waals surface area contributed by atoms with E-state index in [0.717, 1.165) is 33.3 Å². The topological polar surface area (TPSA) is 72.1 Å². The number of aromatic nitrogens is 2. The zero-order chi connectivity index (χ0) is 20.8. The molecule has 0 bridgehead atoms. The minimum atomic E-state index is -0.860. The number of aryl methyl sites for hydroxylation is 1. The van der Waals surface area contributed by atoms with E-state index in [1.807, 2.05) is 11.0 Å². The molecule has 1 aliphatic carbocycles. The van der Waals surface area contributed by atoms with Gasteiger partial charge in [-0.15, -0.1) is 0 Å². The van der Waals surface area contributed by atoms with Crippen molar-refractivity contribution in [3.63, 3.8) is 0 Å². The molecule has 1 aromatic carbocycles.